The number of benzene rings is 4. The third-order valence-electron chi connectivity index (χ3n) is 9.70. The molecule has 254 valence electrons. The molecule has 0 radical (unpaired) electrons. The van der Waals surface area contributed by atoms with Crippen LogP contribution in [-0.2, 0) is 12.8 Å². The number of aromatic nitrogens is 4. The van der Waals surface area contributed by atoms with Crippen molar-refractivity contribution < 1.29 is 4.74 Å². The molecule has 0 amide bonds. The number of unbranched alkanes of at least 4 members (excludes halogenated alkanes) is 1. The van der Waals surface area contributed by atoms with Gasteiger partial charge in [0.1, 0.15) is 17.3 Å². The Morgan fingerprint density at radius 1 is 0.720 bits per heavy atom. The molecule has 3 heterocycles. The zero-order valence-electron chi connectivity index (χ0n) is 30.5. The van der Waals surface area contributed by atoms with E-state index in [0.29, 0.717) is 0 Å². The lowest BCUT2D eigenvalue weighted by Crippen LogP contribution is -2.07. The summed E-state index contributed by atoms with van der Waals surface area (Å²) in [6, 6.07) is 34.7. The van der Waals surface area contributed by atoms with Gasteiger partial charge in [-0.05, 0) is 123 Å². The highest BCUT2D eigenvalue weighted by molar-refractivity contribution is 6.09. The number of fused-ring (bicyclic) bond motifs is 3. The van der Waals surface area contributed by atoms with Gasteiger partial charge in [-0.25, -0.2) is 9.67 Å². The molecule has 0 atom stereocenters. The monoisotopic (exact) mass is 660 g/mol. The molecule has 0 bridgehead atoms. The quantitative estimate of drug-likeness (QED) is 0.147. The van der Waals surface area contributed by atoms with Crippen LogP contribution in [0.4, 0.5) is 0 Å². The predicted octanol–water partition coefficient (Wildman–Crippen LogP) is 12.1. The minimum absolute atomic E-state index is 0.217. The van der Waals surface area contributed by atoms with Gasteiger partial charge in [0.25, 0.3) is 0 Å². The van der Waals surface area contributed by atoms with Gasteiger partial charge in [-0.2, -0.15) is 5.10 Å². The summed E-state index contributed by atoms with van der Waals surface area (Å²) in [5.41, 5.74) is 11.7. The van der Waals surface area contributed by atoms with Gasteiger partial charge < -0.3 is 4.74 Å². The molecular formula is C45H48N4O. The molecule has 0 saturated heterocycles. The number of pyridine rings is 1. The van der Waals surface area contributed by atoms with E-state index in [9.17, 15) is 0 Å². The first-order chi connectivity index (χ1) is 24.1. The molecule has 0 unspecified atom stereocenters. The van der Waals surface area contributed by atoms with Crippen LogP contribution in [0, 0.1) is 26.2 Å². The van der Waals surface area contributed by atoms with Crippen molar-refractivity contribution in [1.29, 1.82) is 0 Å². The number of ether oxygens (including phenoxy) is 1. The summed E-state index contributed by atoms with van der Waals surface area (Å²) < 4.78 is 11.1. The van der Waals surface area contributed by atoms with Crippen molar-refractivity contribution >= 4 is 21.8 Å². The molecule has 7 rings (SSSR count). The third kappa shape index (κ3) is 6.82. The van der Waals surface area contributed by atoms with Crippen LogP contribution in [-0.4, -0.2) is 19.3 Å². The topological polar surface area (TPSA) is 44.9 Å². The molecule has 50 heavy (non-hydrogen) atoms. The lowest BCUT2D eigenvalue weighted by molar-refractivity contribution is 0.378. The van der Waals surface area contributed by atoms with Crippen molar-refractivity contribution in [2.75, 3.05) is 0 Å². The molecular weight excluding hydrogens is 613 g/mol. The smallest absolute Gasteiger partial charge is 0.137 e. The summed E-state index contributed by atoms with van der Waals surface area (Å²) in [6.45, 7) is 15.5. The first-order valence-electron chi connectivity index (χ1n) is 18.0. The molecule has 3 aromatic heterocycles. The second-order valence-electron chi connectivity index (χ2n) is 15.0. The average molecular weight is 661 g/mol. The Kier molecular flexibility index (Phi) is 9.09. The second-order valence-corrected chi connectivity index (χ2v) is 15.0. The van der Waals surface area contributed by atoms with Gasteiger partial charge in [-0.1, -0.05) is 70.5 Å². The summed E-state index contributed by atoms with van der Waals surface area (Å²) in [7, 11) is 0. The normalized spacial score (nSPS) is 11.9. The first-order valence-corrected chi connectivity index (χ1v) is 18.0. The fraction of sp³-hybridized carbons (Fsp3) is 0.289. The van der Waals surface area contributed by atoms with Crippen LogP contribution < -0.4 is 4.74 Å². The molecule has 0 aliphatic rings. The van der Waals surface area contributed by atoms with Gasteiger partial charge in [0, 0.05) is 40.4 Å². The zero-order valence-corrected chi connectivity index (χ0v) is 30.5. The maximum Gasteiger partial charge on any atom is 0.137 e. The van der Waals surface area contributed by atoms with Gasteiger partial charge in [0.15, 0.2) is 0 Å². The third-order valence-corrected chi connectivity index (χ3v) is 9.70. The number of rotatable bonds is 10. The van der Waals surface area contributed by atoms with E-state index < -0.39 is 0 Å². The van der Waals surface area contributed by atoms with Crippen molar-refractivity contribution in [1.82, 2.24) is 19.3 Å². The summed E-state index contributed by atoms with van der Waals surface area (Å²) in [6.07, 6.45) is 7.36. The highest BCUT2D eigenvalue weighted by atomic mass is 16.5. The Bertz CT molecular complexity index is 2300. The molecule has 5 heteroatoms. The summed E-state index contributed by atoms with van der Waals surface area (Å²) in [5, 5.41) is 7.49. The van der Waals surface area contributed by atoms with Crippen LogP contribution in [0.1, 0.15) is 75.0 Å². The minimum atomic E-state index is 0.217. The van der Waals surface area contributed by atoms with E-state index in [1.807, 2.05) is 12.3 Å². The van der Waals surface area contributed by atoms with Gasteiger partial charge in [-0.15, -0.1) is 0 Å². The van der Waals surface area contributed by atoms with Crippen molar-refractivity contribution in [3.8, 4) is 34.1 Å². The molecule has 4 aromatic carbocycles. The van der Waals surface area contributed by atoms with Crippen LogP contribution in [0.25, 0.3) is 44.4 Å². The Labute approximate surface area is 296 Å². The van der Waals surface area contributed by atoms with Crippen LogP contribution in [0.3, 0.4) is 0 Å². The maximum atomic E-state index is 6.80. The predicted molar refractivity (Wildman–Crippen MR) is 208 cm³/mol. The van der Waals surface area contributed by atoms with E-state index in [-0.39, 0.29) is 5.41 Å². The van der Waals surface area contributed by atoms with Crippen LogP contribution in [0.5, 0.6) is 11.5 Å². The van der Waals surface area contributed by atoms with E-state index in [4.69, 9.17) is 14.8 Å². The minimum Gasteiger partial charge on any atom is -0.457 e. The van der Waals surface area contributed by atoms with E-state index in [1.165, 1.54) is 51.4 Å². The number of aryl methyl sites for hydroxylation is 4. The second kappa shape index (κ2) is 13.6. The summed E-state index contributed by atoms with van der Waals surface area (Å²) >= 11 is 0. The number of nitrogens with zero attached hydrogens (tertiary/aromatic N) is 4. The Hall–Kier alpha value is -5.16. The fourth-order valence-electron chi connectivity index (χ4n) is 7.08. The molecule has 0 aliphatic heterocycles. The van der Waals surface area contributed by atoms with Crippen molar-refractivity contribution in [3.63, 3.8) is 0 Å². The Balaban J connectivity index is 1.33. The van der Waals surface area contributed by atoms with Crippen molar-refractivity contribution in [2.24, 2.45) is 5.41 Å². The lowest BCUT2D eigenvalue weighted by atomic mass is 9.88. The van der Waals surface area contributed by atoms with E-state index in [1.54, 1.807) is 0 Å². The van der Waals surface area contributed by atoms with Gasteiger partial charge in [-0.3, -0.25) is 4.57 Å². The first kappa shape index (κ1) is 33.3. The Morgan fingerprint density at radius 2 is 1.54 bits per heavy atom. The zero-order chi connectivity index (χ0) is 35.0. The molecule has 5 nitrogen and oxygen atoms in total. The van der Waals surface area contributed by atoms with E-state index in [2.05, 4.69) is 149 Å². The van der Waals surface area contributed by atoms with Crippen LogP contribution in [0.2, 0.25) is 0 Å². The van der Waals surface area contributed by atoms with Gasteiger partial charge >= 0.3 is 0 Å². The molecule has 0 N–H and O–H groups in total. The molecule has 0 aliphatic carbocycles. The standard InChI is InChI=1S/C45H48N4O/c1-8-9-13-33-16-19-41-40(27-33)39-18-17-37(29-42(39)48(41)43-24-30(2)21-23-46-43)50-38-26-34(20-22-45(5,6)7)25-36(28-38)49-32(4)44(31(3)47-49)35-14-11-10-12-15-35/h10-12,14-19,21,23-29H,8-9,13,20,22H2,1-7H3. The molecule has 0 saturated carbocycles. The summed E-state index contributed by atoms with van der Waals surface area (Å²) in [4.78, 5) is 4.82. The highest BCUT2D eigenvalue weighted by Crippen LogP contribution is 2.37. The van der Waals surface area contributed by atoms with Gasteiger partial charge in [0.2, 0.25) is 0 Å². The van der Waals surface area contributed by atoms with E-state index in [0.717, 1.165) is 64.7 Å². The molecule has 7 aromatic rings. The maximum absolute atomic E-state index is 6.80. The fourth-order valence-corrected chi connectivity index (χ4v) is 7.08. The van der Waals surface area contributed by atoms with Crippen LogP contribution in [0.15, 0.2) is 103 Å². The molecule has 0 spiro atoms. The lowest BCUT2D eigenvalue weighted by Gasteiger charge is -2.19. The summed E-state index contributed by atoms with van der Waals surface area (Å²) in [5.74, 6) is 2.50. The average Bonchev–Trinajstić information content (AvgIpc) is 3.58. The Morgan fingerprint density at radius 3 is 2.30 bits per heavy atom. The van der Waals surface area contributed by atoms with Crippen molar-refractivity contribution in [3.05, 3.63) is 131 Å². The number of hydrogen-bond donors (Lipinski definition) is 0. The highest BCUT2D eigenvalue weighted by Gasteiger charge is 2.19. The van der Waals surface area contributed by atoms with Gasteiger partial charge in [0.05, 0.1) is 22.4 Å². The van der Waals surface area contributed by atoms with Crippen LogP contribution >= 0.6 is 0 Å². The van der Waals surface area contributed by atoms with E-state index >= 15 is 0 Å². The number of hydrogen-bond acceptors (Lipinski definition) is 3. The largest absolute Gasteiger partial charge is 0.457 e. The molecule has 0 fully saturated rings. The SMILES string of the molecule is CCCCc1ccc2c(c1)c1ccc(Oc3cc(CCC(C)(C)C)cc(-n4nc(C)c(-c5ccccc5)c4C)c3)cc1n2-c1cc(C)ccn1. The van der Waals surface area contributed by atoms with Crippen molar-refractivity contribution in [2.45, 2.75) is 80.6 Å².